The van der Waals surface area contributed by atoms with Gasteiger partial charge in [0.05, 0.1) is 18.8 Å². The number of rotatable bonds is 0. The van der Waals surface area contributed by atoms with E-state index in [1.165, 1.54) is 0 Å². The zero-order valence-corrected chi connectivity index (χ0v) is 5.40. The summed E-state index contributed by atoms with van der Waals surface area (Å²) in [5.74, 6) is 0. The molecule has 5 nitrogen and oxygen atoms in total. The number of carbonyl (C=O) groups is 1. The molecule has 1 saturated heterocycles. The maximum absolute atomic E-state index is 10.3. The van der Waals surface area contributed by atoms with E-state index in [1.807, 2.05) is 0 Å². The average Bonchev–Trinajstić information content (AvgIpc) is 2.10. The number of hydrogen-bond donors (Lipinski definition) is 3. The molecule has 4 N–H and O–H groups in total. The SMILES string of the molecule is NC1CC(O)CN1C(=O)O. The summed E-state index contributed by atoms with van der Waals surface area (Å²) in [6, 6.07) is 0. The van der Waals surface area contributed by atoms with Crippen LogP contribution in [0.2, 0.25) is 0 Å². The fraction of sp³-hybridized carbons (Fsp3) is 0.800. The fourth-order valence-corrected chi connectivity index (χ4v) is 1.06. The zero-order valence-electron chi connectivity index (χ0n) is 5.40. The second kappa shape index (κ2) is 2.43. The molecule has 1 heterocycles. The van der Waals surface area contributed by atoms with Crippen molar-refractivity contribution in [3.05, 3.63) is 0 Å². The molecule has 2 unspecified atom stereocenters. The summed E-state index contributed by atoms with van der Waals surface area (Å²) in [6.45, 7) is 0.135. The van der Waals surface area contributed by atoms with E-state index in [-0.39, 0.29) is 6.54 Å². The lowest BCUT2D eigenvalue weighted by molar-refractivity contribution is 0.132. The minimum atomic E-state index is -1.07. The van der Waals surface area contributed by atoms with E-state index in [0.29, 0.717) is 6.42 Å². The van der Waals surface area contributed by atoms with E-state index in [9.17, 15) is 4.79 Å². The highest BCUT2D eigenvalue weighted by Gasteiger charge is 2.31. The summed E-state index contributed by atoms with van der Waals surface area (Å²) in [5, 5.41) is 17.4. The number of carboxylic acid groups (broad SMARTS) is 1. The van der Waals surface area contributed by atoms with Crippen molar-refractivity contribution in [1.82, 2.24) is 4.90 Å². The van der Waals surface area contributed by atoms with Crippen molar-refractivity contribution in [2.24, 2.45) is 5.73 Å². The zero-order chi connectivity index (χ0) is 7.72. The smallest absolute Gasteiger partial charge is 0.408 e. The van der Waals surface area contributed by atoms with Crippen molar-refractivity contribution in [3.63, 3.8) is 0 Å². The Labute approximate surface area is 58.0 Å². The average molecular weight is 146 g/mol. The topological polar surface area (TPSA) is 86.8 Å². The van der Waals surface area contributed by atoms with Gasteiger partial charge in [-0.2, -0.15) is 0 Å². The normalized spacial score (nSPS) is 32.8. The summed E-state index contributed by atoms with van der Waals surface area (Å²) in [7, 11) is 0. The number of β-amino-alcohol motifs (C(OH)–C–C–N with tert-alkyl or cyclic N) is 1. The predicted molar refractivity (Wildman–Crippen MR) is 33.3 cm³/mol. The van der Waals surface area contributed by atoms with E-state index < -0.39 is 18.4 Å². The van der Waals surface area contributed by atoms with E-state index >= 15 is 0 Å². The highest BCUT2D eigenvalue weighted by Crippen LogP contribution is 2.12. The molecule has 0 spiro atoms. The maximum atomic E-state index is 10.3. The van der Waals surface area contributed by atoms with Gasteiger partial charge in [0.2, 0.25) is 0 Å². The van der Waals surface area contributed by atoms with Gasteiger partial charge < -0.3 is 15.9 Å². The van der Waals surface area contributed by atoms with Crippen LogP contribution in [0.25, 0.3) is 0 Å². The lowest BCUT2D eigenvalue weighted by Gasteiger charge is -2.15. The minimum absolute atomic E-state index is 0.135. The lowest BCUT2D eigenvalue weighted by Crippen LogP contribution is -2.40. The first kappa shape index (κ1) is 7.30. The molecule has 0 aliphatic carbocycles. The van der Waals surface area contributed by atoms with Gasteiger partial charge in [-0.3, -0.25) is 4.90 Å². The Morgan fingerprint density at radius 1 is 1.70 bits per heavy atom. The first-order chi connectivity index (χ1) is 4.61. The molecule has 58 valence electrons. The molecule has 0 radical (unpaired) electrons. The van der Waals surface area contributed by atoms with Crippen LogP contribution in [0.3, 0.4) is 0 Å². The first-order valence-corrected chi connectivity index (χ1v) is 3.04. The molecule has 0 aromatic heterocycles. The number of amides is 1. The largest absolute Gasteiger partial charge is 0.465 e. The summed E-state index contributed by atoms with van der Waals surface area (Å²) in [6.07, 6.45) is -1.85. The molecule has 0 aromatic carbocycles. The van der Waals surface area contributed by atoms with Crippen molar-refractivity contribution in [2.75, 3.05) is 6.54 Å². The van der Waals surface area contributed by atoms with Crippen LogP contribution in [0.4, 0.5) is 4.79 Å². The van der Waals surface area contributed by atoms with Gasteiger partial charge in [-0.15, -0.1) is 0 Å². The van der Waals surface area contributed by atoms with E-state index in [1.54, 1.807) is 0 Å². The molecule has 0 bridgehead atoms. The van der Waals surface area contributed by atoms with Gasteiger partial charge in [0, 0.05) is 6.42 Å². The van der Waals surface area contributed by atoms with Crippen molar-refractivity contribution in [1.29, 1.82) is 0 Å². The van der Waals surface area contributed by atoms with Gasteiger partial charge >= 0.3 is 6.09 Å². The highest BCUT2D eigenvalue weighted by atomic mass is 16.4. The van der Waals surface area contributed by atoms with Gasteiger partial charge in [0.15, 0.2) is 0 Å². The molecule has 1 fully saturated rings. The third-order valence-electron chi connectivity index (χ3n) is 1.57. The summed E-state index contributed by atoms with van der Waals surface area (Å²) in [4.78, 5) is 11.3. The second-order valence-corrected chi connectivity index (χ2v) is 2.39. The molecule has 5 heteroatoms. The van der Waals surface area contributed by atoms with Crippen molar-refractivity contribution >= 4 is 6.09 Å². The van der Waals surface area contributed by atoms with E-state index in [4.69, 9.17) is 15.9 Å². The van der Waals surface area contributed by atoms with Crippen molar-refractivity contribution < 1.29 is 15.0 Å². The Balaban J connectivity index is 2.54. The number of aliphatic hydroxyl groups is 1. The van der Waals surface area contributed by atoms with Crippen molar-refractivity contribution in [2.45, 2.75) is 18.7 Å². The third kappa shape index (κ3) is 1.19. The Morgan fingerprint density at radius 3 is 2.50 bits per heavy atom. The van der Waals surface area contributed by atoms with Crippen LogP contribution >= 0.6 is 0 Å². The van der Waals surface area contributed by atoms with Gasteiger partial charge in [0.1, 0.15) is 0 Å². The molecule has 0 aromatic rings. The third-order valence-corrected chi connectivity index (χ3v) is 1.57. The molecule has 2 atom stereocenters. The minimum Gasteiger partial charge on any atom is -0.465 e. The van der Waals surface area contributed by atoms with Gasteiger partial charge in [-0.25, -0.2) is 4.79 Å². The molecule has 1 amide bonds. The Kier molecular flexibility index (Phi) is 1.78. The second-order valence-electron chi connectivity index (χ2n) is 2.39. The van der Waals surface area contributed by atoms with Gasteiger partial charge in [-0.05, 0) is 0 Å². The summed E-state index contributed by atoms with van der Waals surface area (Å²) < 4.78 is 0. The molecule has 1 rings (SSSR count). The van der Waals surface area contributed by atoms with Gasteiger partial charge in [-0.1, -0.05) is 0 Å². The van der Waals surface area contributed by atoms with E-state index in [0.717, 1.165) is 4.90 Å². The molecule has 10 heavy (non-hydrogen) atoms. The summed E-state index contributed by atoms with van der Waals surface area (Å²) >= 11 is 0. The number of aliphatic hydroxyl groups excluding tert-OH is 1. The Hall–Kier alpha value is -0.810. The molecule has 0 saturated carbocycles. The van der Waals surface area contributed by atoms with Gasteiger partial charge in [0.25, 0.3) is 0 Å². The molecule has 1 aliphatic rings. The number of likely N-dealkylation sites (tertiary alicyclic amines) is 1. The standard InChI is InChI=1S/C5H10N2O3/c6-4-1-3(8)2-7(4)5(9)10/h3-4,8H,1-2,6H2,(H,9,10). The first-order valence-electron chi connectivity index (χ1n) is 3.04. The number of hydrogen-bond acceptors (Lipinski definition) is 3. The van der Waals surface area contributed by atoms with Crippen LogP contribution in [0.5, 0.6) is 0 Å². The monoisotopic (exact) mass is 146 g/mol. The number of nitrogens with zero attached hydrogens (tertiary/aromatic N) is 1. The van der Waals surface area contributed by atoms with Crippen LogP contribution in [-0.4, -0.2) is 40.0 Å². The number of nitrogens with two attached hydrogens (primary N) is 1. The van der Waals surface area contributed by atoms with Crippen molar-refractivity contribution in [3.8, 4) is 0 Å². The molecular weight excluding hydrogens is 136 g/mol. The molecular formula is C5H10N2O3. The fourth-order valence-electron chi connectivity index (χ4n) is 1.06. The van der Waals surface area contributed by atoms with Crippen LogP contribution in [0.1, 0.15) is 6.42 Å². The quantitative estimate of drug-likeness (QED) is 0.409. The van der Waals surface area contributed by atoms with Crippen LogP contribution in [0.15, 0.2) is 0 Å². The Bertz CT molecular complexity index is 150. The van der Waals surface area contributed by atoms with Crippen LogP contribution < -0.4 is 5.73 Å². The predicted octanol–water partition coefficient (Wildman–Crippen LogP) is -0.984. The summed E-state index contributed by atoms with van der Waals surface area (Å²) in [5.41, 5.74) is 5.36. The molecule has 1 aliphatic heterocycles. The van der Waals surface area contributed by atoms with E-state index in [2.05, 4.69) is 0 Å². The maximum Gasteiger partial charge on any atom is 0.408 e. The van der Waals surface area contributed by atoms with Crippen LogP contribution in [0, 0.1) is 0 Å². The lowest BCUT2D eigenvalue weighted by atomic mass is 10.3. The van der Waals surface area contributed by atoms with Crippen LogP contribution in [-0.2, 0) is 0 Å². The highest BCUT2D eigenvalue weighted by molar-refractivity contribution is 5.65. The Morgan fingerprint density at radius 2 is 2.30 bits per heavy atom.